The van der Waals surface area contributed by atoms with Gasteiger partial charge in [-0.25, -0.2) is 9.97 Å². The SMILES string of the molecule is Cc1cccc2nc(C(C)(C)C)nc(SCCC(=O)O)c12. The molecule has 0 saturated carbocycles. The molecule has 4 nitrogen and oxygen atoms in total. The number of thioether (sulfide) groups is 1. The monoisotopic (exact) mass is 304 g/mol. The van der Waals surface area contributed by atoms with E-state index in [1.807, 2.05) is 25.1 Å². The topological polar surface area (TPSA) is 63.1 Å². The molecule has 0 bridgehead atoms. The Kier molecular flexibility index (Phi) is 4.52. The van der Waals surface area contributed by atoms with E-state index in [0.717, 1.165) is 27.3 Å². The largest absolute Gasteiger partial charge is 0.481 e. The van der Waals surface area contributed by atoms with Gasteiger partial charge >= 0.3 is 5.97 Å². The number of aryl methyl sites for hydroxylation is 1. The Bertz CT molecular complexity index is 678. The lowest BCUT2D eigenvalue weighted by molar-refractivity contribution is -0.136. The minimum absolute atomic E-state index is 0.132. The normalized spacial score (nSPS) is 11.8. The standard InChI is InChI=1S/C16H20N2O2S/c1-10-6-5-7-11-13(10)14(21-9-8-12(19)20)18-15(17-11)16(2,3)4/h5-7H,8-9H2,1-4H3,(H,19,20). The highest BCUT2D eigenvalue weighted by atomic mass is 32.2. The number of nitrogens with zero attached hydrogens (tertiary/aromatic N) is 2. The van der Waals surface area contributed by atoms with Crippen molar-refractivity contribution in [2.75, 3.05) is 5.75 Å². The molecule has 0 saturated heterocycles. The molecule has 0 atom stereocenters. The molecule has 21 heavy (non-hydrogen) atoms. The van der Waals surface area contributed by atoms with Crippen LogP contribution in [0.5, 0.6) is 0 Å². The van der Waals surface area contributed by atoms with Crippen LogP contribution in [0.4, 0.5) is 0 Å². The van der Waals surface area contributed by atoms with E-state index < -0.39 is 5.97 Å². The molecule has 1 N–H and O–H groups in total. The van der Waals surface area contributed by atoms with E-state index in [1.54, 1.807) is 0 Å². The van der Waals surface area contributed by atoms with Gasteiger partial charge < -0.3 is 5.11 Å². The van der Waals surface area contributed by atoms with Crippen LogP contribution in [-0.4, -0.2) is 26.8 Å². The second kappa shape index (κ2) is 6.02. The summed E-state index contributed by atoms with van der Waals surface area (Å²) >= 11 is 1.49. The zero-order chi connectivity index (χ0) is 15.6. The highest BCUT2D eigenvalue weighted by molar-refractivity contribution is 7.99. The Labute approximate surface area is 129 Å². The van der Waals surface area contributed by atoms with Gasteiger partial charge in [0.05, 0.1) is 11.9 Å². The van der Waals surface area contributed by atoms with Gasteiger partial charge in [-0.05, 0) is 18.6 Å². The molecule has 0 spiro atoms. The molecule has 0 aliphatic heterocycles. The van der Waals surface area contributed by atoms with E-state index in [1.165, 1.54) is 11.8 Å². The Morgan fingerprint density at radius 2 is 2.00 bits per heavy atom. The van der Waals surface area contributed by atoms with Crippen LogP contribution in [-0.2, 0) is 10.2 Å². The van der Waals surface area contributed by atoms with E-state index in [2.05, 4.69) is 30.7 Å². The summed E-state index contributed by atoms with van der Waals surface area (Å²) in [5.41, 5.74) is 1.90. The highest BCUT2D eigenvalue weighted by Gasteiger charge is 2.20. The fourth-order valence-electron chi connectivity index (χ4n) is 1.99. The van der Waals surface area contributed by atoms with Gasteiger partial charge in [0.1, 0.15) is 10.9 Å². The first-order valence-corrected chi connectivity index (χ1v) is 7.90. The maximum atomic E-state index is 10.7. The Balaban J connectivity index is 2.51. The molecular formula is C16H20N2O2S. The highest BCUT2D eigenvalue weighted by Crippen LogP contribution is 2.31. The summed E-state index contributed by atoms with van der Waals surface area (Å²) in [7, 11) is 0. The number of rotatable bonds is 4. The van der Waals surface area contributed by atoms with Crippen molar-refractivity contribution in [2.24, 2.45) is 0 Å². The van der Waals surface area contributed by atoms with Gasteiger partial charge in [-0.3, -0.25) is 4.79 Å². The maximum absolute atomic E-state index is 10.7. The molecule has 0 fully saturated rings. The summed E-state index contributed by atoms with van der Waals surface area (Å²) < 4.78 is 0. The summed E-state index contributed by atoms with van der Waals surface area (Å²) in [4.78, 5) is 20.1. The molecule has 1 aromatic heterocycles. The van der Waals surface area contributed by atoms with Crippen molar-refractivity contribution in [1.29, 1.82) is 0 Å². The Hall–Kier alpha value is -1.62. The van der Waals surface area contributed by atoms with Crippen molar-refractivity contribution in [1.82, 2.24) is 9.97 Å². The van der Waals surface area contributed by atoms with E-state index in [0.29, 0.717) is 5.75 Å². The number of carboxylic acids is 1. The summed E-state index contributed by atoms with van der Waals surface area (Å²) in [5, 5.41) is 10.7. The molecule has 0 radical (unpaired) electrons. The van der Waals surface area contributed by atoms with Crippen molar-refractivity contribution >= 4 is 28.6 Å². The van der Waals surface area contributed by atoms with Crippen molar-refractivity contribution in [3.63, 3.8) is 0 Å². The van der Waals surface area contributed by atoms with Gasteiger partial charge in [0, 0.05) is 16.6 Å². The summed E-state index contributed by atoms with van der Waals surface area (Å²) in [5.74, 6) is 0.520. The summed E-state index contributed by atoms with van der Waals surface area (Å²) in [6.07, 6.45) is 0.132. The second-order valence-electron chi connectivity index (χ2n) is 6.06. The third-order valence-corrected chi connectivity index (χ3v) is 4.10. The number of hydrogen-bond donors (Lipinski definition) is 1. The zero-order valence-electron chi connectivity index (χ0n) is 12.8. The average molecular weight is 304 g/mol. The molecular weight excluding hydrogens is 284 g/mol. The van der Waals surface area contributed by atoms with E-state index in [4.69, 9.17) is 5.11 Å². The van der Waals surface area contributed by atoms with Gasteiger partial charge in [0.2, 0.25) is 0 Å². The Morgan fingerprint density at radius 3 is 2.62 bits per heavy atom. The fourth-order valence-corrected chi connectivity index (χ4v) is 3.02. The number of aromatic nitrogens is 2. The van der Waals surface area contributed by atoms with Gasteiger partial charge in [0.25, 0.3) is 0 Å². The zero-order valence-corrected chi connectivity index (χ0v) is 13.6. The molecule has 1 heterocycles. The number of carbonyl (C=O) groups is 1. The molecule has 0 aliphatic carbocycles. The number of fused-ring (bicyclic) bond motifs is 1. The van der Waals surface area contributed by atoms with E-state index in [9.17, 15) is 4.79 Å². The van der Waals surface area contributed by atoms with Crippen LogP contribution >= 0.6 is 11.8 Å². The van der Waals surface area contributed by atoms with Crippen LogP contribution < -0.4 is 0 Å². The minimum atomic E-state index is -0.784. The first-order chi connectivity index (χ1) is 9.79. The summed E-state index contributed by atoms with van der Waals surface area (Å²) in [6.45, 7) is 8.27. The predicted octanol–water partition coefficient (Wildman–Crippen LogP) is 3.80. The number of benzene rings is 1. The molecule has 0 amide bonds. The maximum Gasteiger partial charge on any atom is 0.304 e. The smallest absolute Gasteiger partial charge is 0.304 e. The molecule has 0 aliphatic rings. The van der Waals surface area contributed by atoms with Gasteiger partial charge in [-0.15, -0.1) is 11.8 Å². The van der Waals surface area contributed by atoms with Crippen LogP contribution in [0.25, 0.3) is 10.9 Å². The molecule has 2 rings (SSSR count). The lowest BCUT2D eigenvalue weighted by Gasteiger charge is -2.19. The fraction of sp³-hybridized carbons (Fsp3) is 0.438. The Morgan fingerprint density at radius 1 is 1.29 bits per heavy atom. The van der Waals surface area contributed by atoms with Crippen molar-refractivity contribution in [3.05, 3.63) is 29.6 Å². The van der Waals surface area contributed by atoms with E-state index in [-0.39, 0.29) is 11.8 Å². The van der Waals surface area contributed by atoms with Crippen molar-refractivity contribution in [3.8, 4) is 0 Å². The quantitative estimate of drug-likeness (QED) is 0.687. The van der Waals surface area contributed by atoms with Crippen LogP contribution in [0.15, 0.2) is 23.2 Å². The molecule has 2 aromatic rings. The molecule has 112 valence electrons. The van der Waals surface area contributed by atoms with Gasteiger partial charge in [-0.2, -0.15) is 0 Å². The van der Waals surface area contributed by atoms with Gasteiger partial charge in [0.15, 0.2) is 0 Å². The molecule has 0 unspecified atom stereocenters. The van der Waals surface area contributed by atoms with Crippen molar-refractivity contribution in [2.45, 2.75) is 44.6 Å². The number of carboxylic acid groups (broad SMARTS) is 1. The summed E-state index contributed by atoms with van der Waals surface area (Å²) in [6, 6.07) is 6.01. The first-order valence-electron chi connectivity index (χ1n) is 6.91. The van der Waals surface area contributed by atoms with Crippen molar-refractivity contribution < 1.29 is 9.90 Å². The van der Waals surface area contributed by atoms with Crippen LogP contribution in [0.1, 0.15) is 38.6 Å². The molecule has 1 aromatic carbocycles. The third kappa shape index (κ3) is 3.73. The lowest BCUT2D eigenvalue weighted by atomic mass is 9.95. The van der Waals surface area contributed by atoms with Gasteiger partial charge in [-0.1, -0.05) is 32.9 Å². The van der Waals surface area contributed by atoms with Crippen LogP contribution in [0.2, 0.25) is 0 Å². The lowest BCUT2D eigenvalue weighted by Crippen LogP contribution is -2.16. The van der Waals surface area contributed by atoms with Crippen LogP contribution in [0, 0.1) is 6.92 Å². The number of aliphatic carboxylic acids is 1. The predicted molar refractivity (Wildman–Crippen MR) is 86.0 cm³/mol. The average Bonchev–Trinajstić information content (AvgIpc) is 2.37. The second-order valence-corrected chi connectivity index (χ2v) is 7.15. The van der Waals surface area contributed by atoms with E-state index >= 15 is 0 Å². The first kappa shape index (κ1) is 15.8. The minimum Gasteiger partial charge on any atom is -0.481 e. The molecule has 5 heteroatoms. The third-order valence-electron chi connectivity index (χ3n) is 3.12. The number of hydrogen-bond acceptors (Lipinski definition) is 4. The van der Waals surface area contributed by atoms with Crippen LogP contribution in [0.3, 0.4) is 0 Å².